The highest BCUT2D eigenvalue weighted by Crippen LogP contribution is 2.25. The molecule has 0 radical (unpaired) electrons. The molecule has 0 amide bonds. The molecule has 0 fully saturated rings. The number of ether oxygens (including phenoxy) is 1. The van der Waals surface area contributed by atoms with Crippen molar-refractivity contribution < 1.29 is 4.74 Å². The van der Waals surface area contributed by atoms with Gasteiger partial charge in [-0.15, -0.1) is 0 Å². The third kappa shape index (κ3) is 4.06. The lowest BCUT2D eigenvalue weighted by atomic mass is 10.1. The molecule has 3 heteroatoms. The first-order chi connectivity index (χ1) is 7.65. The summed E-state index contributed by atoms with van der Waals surface area (Å²) < 4.78 is 5.76. The van der Waals surface area contributed by atoms with Crippen LogP contribution in [0.15, 0.2) is 18.2 Å². The lowest BCUT2D eigenvalue weighted by Crippen LogP contribution is -2.09. The second-order valence-corrected chi connectivity index (χ2v) is 5.01. The summed E-state index contributed by atoms with van der Waals surface area (Å²) in [5.41, 5.74) is 8.26. The van der Waals surface area contributed by atoms with E-state index in [4.69, 9.17) is 10.5 Å². The molecule has 0 bridgehead atoms. The Morgan fingerprint density at radius 2 is 2.19 bits per heavy atom. The van der Waals surface area contributed by atoms with Gasteiger partial charge < -0.3 is 10.5 Å². The number of rotatable bonds is 6. The van der Waals surface area contributed by atoms with E-state index in [1.54, 1.807) is 0 Å². The van der Waals surface area contributed by atoms with Gasteiger partial charge >= 0.3 is 0 Å². The Bertz CT molecular complexity index is 326. The summed E-state index contributed by atoms with van der Waals surface area (Å²) in [6.45, 7) is 4.83. The molecule has 1 rings (SSSR count). The average Bonchev–Trinajstić information content (AvgIpc) is 2.26. The van der Waals surface area contributed by atoms with Gasteiger partial charge in [-0.25, -0.2) is 0 Å². The Balaban J connectivity index is 2.64. The van der Waals surface area contributed by atoms with Crippen LogP contribution in [0.2, 0.25) is 0 Å². The van der Waals surface area contributed by atoms with Crippen molar-refractivity contribution in [3.63, 3.8) is 0 Å². The van der Waals surface area contributed by atoms with Crippen molar-refractivity contribution in [3.8, 4) is 5.75 Å². The SMILES string of the molecule is CSCCCOc1ccc(C)cc1[C@H](C)N. The number of hydrogen-bond acceptors (Lipinski definition) is 3. The van der Waals surface area contributed by atoms with Crippen LogP contribution in [0.1, 0.15) is 30.5 Å². The van der Waals surface area contributed by atoms with E-state index in [-0.39, 0.29) is 6.04 Å². The highest BCUT2D eigenvalue weighted by atomic mass is 32.2. The van der Waals surface area contributed by atoms with Crippen LogP contribution in [-0.2, 0) is 0 Å². The van der Waals surface area contributed by atoms with Crippen LogP contribution in [0, 0.1) is 6.92 Å². The zero-order valence-corrected chi connectivity index (χ0v) is 11.1. The number of aryl methyl sites for hydroxylation is 1. The summed E-state index contributed by atoms with van der Waals surface area (Å²) in [5, 5.41) is 0. The number of nitrogens with two attached hydrogens (primary N) is 1. The topological polar surface area (TPSA) is 35.2 Å². The summed E-state index contributed by atoms with van der Waals surface area (Å²) in [6, 6.07) is 6.22. The Morgan fingerprint density at radius 3 is 2.81 bits per heavy atom. The van der Waals surface area contributed by atoms with Gasteiger partial charge in [0.25, 0.3) is 0 Å². The minimum atomic E-state index is 0.0236. The summed E-state index contributed by atoms with van der Waals surface area (Å²) in [4.78, 5) is 0. The van der Waals surface area contributed by atoms with E-state index >= 15 is 0 Å². The number of hydrogen-bond donors (Lipinski definition) is 1. The molecule has 0 aromatic heterocycles. The van der Waals surface area contributed by atoms with Crippen molar-refractivity contribution >= 4 is 11.8 Å². The molecule has 16 heavy (non-hydrogen) atoms. The molecule has 2 nitrogen and oxygen atoms in total. The molecule has 1 atom stereocenters. The molecule has 0 heterocycles. The molecule has 1 aromatic rings. The van der Waals surface area contributed by atoms with Gasteiger partial charge in [0.2, 0.25) is 0 Å². The van der Waals surface area contributed by atoms with E-state index in [0.717, 1.165) is 30.1 Å². The predicted octanol–water partition coefficient (Wildman–Crippen LogP) is 3.15. The molecule has 2 N–H and O–H groups in total. The first-order valence-corrected chi connectivity index (χ1v) is 7.02. The summed E-state index contributed by atoms with van der Waals surface area (Å²) >= 11 is 1.85. The second-order valence-electron chi connectivity index (χ2n) is 4.02. The third-order valence-corrected chi connectivity index (χ3v) is 3.10. The van der Waals surface area contributed by atoms with Crippen LogP contribution in [0.4, 0.5) is 0 Å². The van der Waals surface area contributed by atoms with E-state index in [0.29, 0.717) is 0 Å². The second kappa shape index (κ2) is 6.81. The van der Waals surface area contributed by atoms with Gasteiger partial charge in [-0.3, -0.25) is 0 Å². The monoisotopic (exact) mass is 239 g/mol. The van der Waals surface area contributed by atoms with E-state index in [2.05, 4.69) is 25.3 Å². The van der Waals surface area contributed by atoms with E-state index in [9.17, 15) is 0 Å². The molecule has 0 unspecified atom stereocenters. The van der Waals surface area contributed by atoms with E-state index in [1.807, 2.05) is 24.8 Å². The zero-order valence-electron chi connectivity index (χ0n) is 10.3. The largest absolute Gasteiger partial charge is 0.493 e. The predicted molar refractivity (Wildman–Crippen MR) is 72.3 cm³/mol. The highest BCUT2D eigenvalue weighted by molar-refractivity contribution is 7.98. The lowest BCUT2D eigenvalue weighted by Gasteiger charge is -2.14. The molecule has 1 aromatic carbocycles. The molecular formula is C13H21NOS. The Labute approximate surface area is 103 Å². The van der Waals surface area contributed by atoms with Crippen LogP contribution in [0.5, 0.6) is 5.75 Å². The smallest absolute Gasteiger partial charge is 0.124 e. The van der Waals surface area contributed by atoms with Gasteiger partial charge in [0.15, 0.2) is 0 Å². The molecule has 0 saturated heterocycles. The van der Waals surface area contributed by atoms with Crippen LogP contribution in [-0.4, -0.2) is 18.6 Å². The van der Waals surface area contributed by atoms with Crippen molar-refractivity contribution in [2.24, 2.45) is 5.73 Å². The lowest BCUT2D eigenvalue weighted by molar-refractivity contribution is 0.314. The van der Waals surface area contributed by atoms with E-state index in [1.165, 1.54) is 5.56 Å². The third-order valence-electron chi connectivity index (χ3n) is 2.41. The van der Waals surface area contributed by atoms with Crippen molar-refractivity contribution in [2.45, 2.75) is 26.3 Å². The summed E-state index contributed by atoms with van der Waals surface area (Å²) in [5.74, 6) is 2.07. The maximum absolute atomic E-state index is 5.93. The summed E-state index contributed by atoms with van der Waals surface area (Å²) in [6.07, 6.45) is 3.19. The zero-order chi connectivity index (χ0) is 12.0. The Kier molecular flexibility index (Phi) is 5.71. The van der Waals surface area contributed by atoms with Crippen LogP contribution in [0.3, 0.4) is 0 Å². The minimum Gasteiger partial charge on any atom is -0.493 e. The molecule has 0 aliphatic heterocycles. The fourth-order valence-corrected chi connectivity index (χ4v) is 1.95. The van der Waals surface area contributed by atoms with Gasteiger partial charge in [0.05, 0.1) is 6.61 Å². The molecule has 0 saturated carbocycles. The average molecular weight is 239 g/mol. The first kappa shape index (κ1) is 13.4. The normalized spacial score (nSPS) is 12.5. The van der Waals surface area contributed by atoms with Crippen molar-refractivity contribution in [2.75, 3.05) is 18.6 Å². The van der Waals surface area contributed by atoms with Crippen LogP contribution in [0.25, 0.3) is 0 Å². The molecule has 0 aliphatic rings. The van der Waals surface area contributed by atoms with Crippen LogP contribution >= 0.6 is 11.8 Å². The molecule has 90 valence electrons. The maximum Gasteiger partial charge on any atom is 0.124 e. The Morgan fingerprint density at radius 1 is 1.44 bits per heavy atom. The molecular weight excluding hydrogens is 218 g/mol. The van der Waals surface area contributed by atoms with Crippen molar-refractivity contribution in [3.05, 3.63) is 29.3 Å². The highest BCUT2D eigenvalue weighted by Gasteiger charge is 2.07. The van der Waals surface area contributed by atoms with Gasteiger partial charge in [0.1, 0.15) is 5.75 Å². The van der Waals surface area contributed by atoms with Gasteiger partial charge in [-0.1, -0.05) is 17.7 Å². The maximum atomic E-state index is 5.93. The van der Waals surface area contributed by atoms with Gasteiger partial charge in [-0.05, 0) is 38.3 Å². The quantitative estimate of drug-likeness (QED) is 0.775. The Hall–Kier alpha value is -0.670. The minimum absolute atomic E-state index is 0.0236. The number of thioether (sulfide) groups is 1. The summed E-state index contributed by atoms with van der Waals surface area (Å²) in [7, 11) is 0. The standard InChI is InChI=1S/C13H21NOS/c1-10-5-6-13(12(9-10)11(2)14)15-7-4-8-16-3/h5-6,9,11H,4,7-8,14H2,1-3H3/t11-/m0/s1. The van der Waals surface area contributed by atoms with Crippen molar-refractivity contribution in [1.82, 2.24) is 0 Å². The van der Waals surface area contributed by atoms with Gasteiger partial charge in [-0.2, -0.15) is 11.8 Å². The molecule has 0 aliphatic carbocycles. The van der Waals surface area contributed by atoms with E-state index < -0.39 is 0 Å². The van der Waals surface area contributed by atoms with Crippen molar-refractivity contribution in [1.29, 1.82) is 0 Å². The van der Waals surface area contributed by atoms with Gasteiger partial charge in [0, 0.05) is 11.6 Å². The number of benzene rings is 1. The fourth-order valence-electron chi connectivity index (χ4n) is 1.54. The fraction of sp³-hybridized carbons (Fsp3) is 0.538. The molecule has 0 spiro atoms. The first-order valence-electron chi connectivity index (χ1n) is 5.63. The van der Waals surface area contributed by atoms with Crippen LogP contribution < -0.4 is 10.5 Å².